The predicted molar refractivity (Wildman–Crippen MR) is 83.1 cm³/mol. The largest absolute Gasteiger partial charge is 0.490 e. The number of pyridine rings is 1. The van der Waals surface area contributed by atoms with Gasteiger partial charge >= 0.3 is 0 Å². The summed E-state index contributed by atoms with van der Waals surface area (Å²) < 4.78 is 6.08. The second kappa shape index (κ2) is 6.29. The minimum atomic E-state index is -0.0472. The number of halogens is 1. The molecule has 0 bridgehead atoms. The Kier molecular flexibility index (Phi) is 4.68. The Bertz CT molecular complexity index is 648. The third kappa shape index (κ3) is 2.97. The van der Waals surface area contributed by atoms with E-state index in [1.807, 2.05) is 25.1 Å². The minimum Gasteiger partial charge on any atom is -0.490 e. The van der Waals surface area contributed by atoms with E-state index in [0.29, 0.717) is 0 Å². The first-order valence-electron chi connectivity index (χ1n) is 6.73. The number of rotatable bonds is 2. The van der Waals surface area contributed by atoms with Crippen LogP contribution in [0, 0.1) is 6.92 Å². The Morgan fingerprint density at radius 3 is 2.75 bits per heavy atom. The number of aromatic amines is 1. The molecule has 0 atom stereocenters. The van der Waals surface area contributed by atoms with Gasteiger partial charge in [-0.2, -0.15) is 0 Å². The van der Waals surface area contributed by atoms with Crippen molar-refractivity contribution in [3.05, 3.63) is 40.3 Å². The number of H-pyrrole nitrogens is 1. The first-order chi connectivity index (χ1) is 9.24. The predicted octanol–water partition coefficient (Wildman–Crippen LogP) is 2.39. The lowest BCUT2D eigenvalue weighted by Gasteiger charge is -2.24. The molecule has 1 fully saturated rings. The zero-order valence-electron chi connectivity index (χ0n) is 11.4. The molecule has 20 heavy (non-hydrogen) atoms. The van der Waals surface area contributed by atoms with Gasteiger partial charge in [-0.25, -0.2) is 0 Å². The van der Waals surface area contributed by atoms with Gasteiger partial charge in [-0.3, -0.25) is 4.79 Å². The van der Waals surface area contributed by atoms with Gasteiger partial charge in [-0.05, 0) is 62.0 Å². The SMILES string of the molecule is Cc1cc2c(=O)[nH]ccc2cc1OC1CCNCC1.Cl. The Morgan fingerprint density at radius 2 is 2.00 bits per heavy atom. The van der Waals surface area contributed by atoms with E-state index in [0.717, 1.165) is 48.0 Å². The molecule has 1 saturated heterocycles. The highest BCUT2D eigenvalue weighted by molar-refractivity contribution is 5.85. The Morgan fingerprint density at radius 1 is 1.25 bits per heavy atom. The summed E-state index contributed by atoms with van der Waals surface area (Å²) in [6.45, 7) is 4.01. The topological polar surface area (TPSA) is 54.1 Å². The molecule has 2 N–H and O–H groups in total. The van der Waals surface area contributed by atoms with Crippen LogP contribution in [0.2, 0.25) is 0 Å². The highest BCUT2D eigenvalue weighted by atomic mass is 35.5. The van der Waals surface area contributed by atoms with Gasteiger partial charge in [-0.15, -0.1) is 12.4 Å². The molecule has 0 radical (unpaired) electrons. The third-order valence-electron chi connectivity index (χ3n) is 3.65. The van der Waals surface area contributed by atoms with Crippen LogP contribution in [-0.4, -0.2) is 24.2 Å². The smallest absolute Gasteiger partial charge is 0.255 e. The molecule has 1 aromatic carbocycles. The highest BCUT2D eigenvalue weighted by Gasteiger charge is 2.16. The van der Waals surface area contributed by atoms with Crippen molar-refractivity contribution in [2.24, 2.45) is 0 Å². The molecule has 1 aromatic heterocycles. The first-order valence-corrected chi connectivity index (χ1v) is 6.73. The molecule has 0 unspecified atom stereocenters. The summed E-state index contributed by atoms with van der Waals surface area (Å²) in [5.41, 5.74) is 0.969. The van der Waals surface area contributed by atoms with Gasteiger partial charge in [0.05, 0.1) is 0 Å². The fourth-order valence-electron chi connectivity index (χ4n) is 2.54. The highest BCUT2D eigenvalue weighted by Crippen LogP contribution is 2.25. The number of hydrogen-bond acceptors (Lipinski definition) is 3. The van der Waals surface area contributed by atoms with E-state index >= 15 is 0 Å². The second-order valence-electron chi connectivity index (χ2n) is 5.08. The summed E-state index contributed by atoms with van der Waals surface area (Å²) in [5.74, 6) is 0.894. The molecule has 2 heterocycles. The molecule has 5 heteroatoms. The standard InChI is InChI=1S/C15H18N2O2.ClH/c1-10-8-13-11(2-7-17-15(13)18)9-14(10)19-12-3-5-16-6-4-12;/h2,7-9,12,16H,3-6H2,1H3,(H,17,18);1H. The van der Waals surface area contributed by atoms with Crippen molar-refractivity contribution in [1.29, 1.82) is 0 Å². The molecular formula is C15H19ClN2O2. The van der Waals surface area contributed by atoms with Crippen molar-refractivity contribution in [1.82, 2.24) is 10.3 Å². The van der Waals surface area contributed by atoms with Crippen LogP contribution in [0.15, 0.2) is 29.2 Å². The van der Waals surface area contributed by atoms with Gasteiger partial charge in [0.15, 0.2) is 0 Å². The number of nitrogens with one attached hydrogen (secondary N) is 2. The quantitative estimate of drug-likeness (QED) is 0.894. The summed E-state index contributed by atoms with van der Waals surface area (Å²) in [5, 5.41) is 4.98. The molecule has 3 rings (SSSR count). The Balaban J connectivity index is 0.00000147. The maximum atomic E-state index is 11.7. The number of aryl methyl sites for hydroxylation is 1. The van der Waals surface area contributed by atoms with E-state index in [1.54, 1.807) is 6.20 Å². The maximum Gasteiger partial charge on any atom is 0.255 e. The monoisotopic (exact) mass is 294 g/mol. The van der Waals surface area contributed by atoms with Crippen molar-refractivity contribution < 1.29 is 4.74 Å². The van der Waals surface area contributed by atoms with E-state index in [9.17, 15) is 4.79 Å². The Hall–Kier alpha value is -1.52. The molecular weight excluding hydrogens is 276 g/mol. The third-order valence-corrected chi connectivity index (χ3v) is 3.65. The molecule has 0 spiro atoms. The minimum absolute atomic E-state index is 0. The van der Waals surface area contributed by atoms with E-state index in [2.05, 4.69) is 10.3 Å². The molecule has 108 valence electrons. The summed E-state index contributed by atoms with van der Waals surface area (Å²) in [7, 11) is 0. The molecule has 0 saturated carbocycles. The summed E-state index contributed by atoms with van der Waals surface area (Å²) >= 11 is 0. The van der Waals surface area contributed by atoms with Gasteiger partial charge in [0, 0.05) is 11.6 Å². The number of ether oxygens (including phenoxy) is 1. The maximum absolute atomic E-state index is 11.7. The lowest BCUT2D eigenvalue weighted by molar-refractivity contribution is 0.161. The molecule has 0 amide bonds. The van der Waals surface area contributed by atoms with Crippen molar-refractivity contribution in [2.45, 2.75) is 25.9 Å². The van der Waals surface area contributed by atoms with Crippen LogP contribution >= 0.6 is 12.4 Å². The Labute approximate surface area is 123 Å². The van der Waals surface area contributed by atoms with Crippen molar-refractivity contribution in [3.8, 4) is 5.75 Å². The fraction of sp³-hybridized carbons (Fsp3) is 0.400. The molecule has 4 nitrogen and oxygen atoms in total. The molecule has 2 aromatic rings. The number of fused-ring (bicyclic) bond motifs is 1. The van der Waals surface area contributed by atoms with Crippen LogP contribution < -0.4 is 15.6 Å². The van der Waals surface area contributed by atoms with E-state index in [1.165, 1.54) is 0 Å². The average Bonchev–Trinajstić information content (AvgIpc) is 2.42. The van der Waals surface area contributed by atoms with Gasteiger partial charge in [0.1, 0.15) is 11.9 Å². The van der Waals surface area contributed by atoms with E-state index < -0.39 is 0 Å². The number of benzene rings is 1. The summed E-state index contributed by atoms with van der Waals surface area (Å²) in [6.07, 6.45) is 4.02. The van der Waals surface area contributed by atoms with Crippen molar-refractivity contribution in [3.63, 3.8) is 0 Å². The molecule has 1 aliphatic rings. The van der Waals surface area contributed by atoms with Gasteiger partial charge in [0.2, 0.25) is 0 Å². The number of piperidine rings is 1. The lowest BCUT2D eigenvalue weighted by Crippen LogP contribution is -2.34. The summed E-state index contributed by atoms with van der Waals surface area (Å²) in [6, 6.07) is 5.79. The van der Waals surface area contributed by atoms with Gasteiger partial charge in [0.25, 0.3) is 5.56 Å². The van der Waals surface area contributed by atoms with E-state index in [-0.39, 0.29) is 24.1 Å². The van der Waals surface area contributed by atoms with E-state index in [4.69, 9.17) is 4.74 Å². The van der Waals surface area contributed by atoms with Crippen LogP contribution in [-0.2, 0) is 0 Å². The van der Waals surface area contributed by atoms with Crippen LogP contribution in [0.4, 0.5) is 0 Å². The first kappa shape index (κ1) is 14.9. The zero-order valence-corrected chi connectivity index (χ0v) is 12.3. The van der Waals surface area contributed by atoms with Crippen molar-refractivity contribution in [2.75, 3.05) is 13.1 Å². The number of aromatic nitrogens is 1. The van der Waals surface area contributed by atoms with Crippen molar-refractivity contribution >= 4 is 23.2 Å². The van der Waals surface area contributed by atoms with Gasteiger partial charge < -0.3 is 15.0 Å². The normalized spacial score (nSPS) is 15.8. The molecule has 1 aliphatic heterocycles. The summed E-state index contributed by atoms with van der Waals surface area (Å²) in [4.78, 5) is 14.4. The number of hydrogen-bond donors (Lipinski definition) is 2. The van der Waals surface area contributed by atoms with Crippen LogP contribution in [0.25, 0.3) is 10.8 Å². The zero-order chi connectivity index (χ0) is 13.2. The van der Waals surface area contributed by atoms with Crippen LogP contribution in [0.3, 0.4) is 0 Å². The fourth-order valence-corrected chi connectivity index (χ4v) is 2.54. The molecule has 0 aliphatic carbocycles. The van der Waals surface area contributed by atoms with Crippen LogP contribution in [0.1, 0.15) is 18.4 Å². The second-order valence-corrected chi connectivity index (χ2v) is 5.08. The lowest BCUT2D eigenvalue weighted by atomic mass is 10.1. The van der Waals surface area contributed by atoms with Crippen LogP contribution in [0.5, 0.6) is 5.75 Å². The van der Waals surface area contributed by atoms with Gasteiger partial charge in [-0.1, -0.05) is 0 Å². The average molecular weight is 295 g/mol.